The number of aromatic nitrogens is 2. The predicted molar refractivity (Wildman–Crippen MR) is 51.9 cm³/mol. The number of fused-ring (bicyclic) bond motifs is 1. The fourth-order valence-electron chi connectivity index (χ4n) is 1.10. The fraction of sp³-hybridized carbons (Fsp3) is 0. The average Bonchev–Trinajstić information content (AvgIpc) is 2.50. The van der Waals surface area contributed by atoms with Crippen molar-refractivity contribution in [3.05, 3.63) is 30.2 Å². The van der Waals surface area contributed by atoms with E-state index < -0.39 is 0 Å². The Labute approximate surface area is 76.3 Å². The number of nitrogens with one attached hydrogen (secondary N) is 1. The van der Waals surface area contributed by atoms with Crippen molar-refractivity contribution in [3.8, 4) is 0 Å². The van der Waals surface area contributed by atoms with Gasteiger partial charge in [0.2, 0.25) is 0 Å². The van der Waals surface area contributed by atoms with E-state index in [9.17, 15) is 4.79 Å². The van der Waals surface area contributed by atoms with Gasteiger partial charge in [-0.1, -0.05) is 0 Å². The molecule has 4 heteroatoms. The zero-order valence-corrected chi connectivity index (χ0v) is 7.24. The highest BCUT2D eigenvalue weighted by Gasteiger charge is 1.98. The summed E-state index contributed by atoms with van der Waals surface area (Å²) < 4.78 is 0. The van der Waals surface area contributed by atoms with Crippen LogP contribution < -0.4 is 0 Å². The lowest BCUT2D eigenvalue weighted by Gasteiger charge is -1.90. The molecule has 0 spiro atoms. The zero-order chi connectivity index (χ0) is 7.68. The summed E-state index contributed by atoms with van der Waals surface area (Å²) in [5, 5.41) is 0.926. The maximum Gasteiger partial charge on any atom is 0.152 e. The summed E-state index contributed by atoms with van der Waals surface area (Å²) in [6.07, 6.45) is 5.86. The molecular weight excluding hydrogens is 172 g/mol. The maximum absolute atomic E-state index is 10.5. The highest BCUT2D eigenvalue weighted by Crippen LogP contribution is 2.13. The Morgan fingerprint density at radius 3 is 3.00 bits per heavy atom. The second kappa shape index (κ2) is 3.40. The summed E-state index contributed by atoms with van der Waals surface area (Å²) in [7, 11) is 0. The van der Waals surface area contributed by atoms with Crippen molar-refractivity contribution in [3.63, 3.8) is 0 Å². The number of carbonyl (C=O) groups excluding carboxylic acids is 1. The average molecular weight is 180 g/mol. The van der Waals surface area contributed by atoms with Crippen LogP contribution in [0.25, 0.3) is 10.9 Å². The first-order valence-electron chi connectivity index (χ1n) is 3.28. The van der Waals surface area contributed by atoms with Crippen molar-refractivity contribution in [2.24, 2.45) is 0 Å². The van der Waals surface area contributed by atoms with Gasteiger partial charge in [0.25, 0.3) is 0 Å². The summed E-state index contributed by atoms with van der Waals surface area (Å²) in [5.41, 5.74) is 1.53. The number of hydrogen-bond acceptors (Lipinski definition) is 2. The van der Waals surface area contributed by atoms with Crippen LogP contribution in [0.2, 0.25) is 0 Å². The molecule has 0 aliphatic carbocycles. The van der Waals surface area contributed by atoms with Crippen LogP contribution in [0.3, 0.4) is 0 Å². The molecular formula is C8H8N2OS. The van der Waals surface area contributed by atoms with E-state index in [-0.39, 0.29) is 13.5 Å². The number of H-pyrrole nitrogens is 1. The normalized spacial score (nSPS) is 9.33. The SMILES string of the molecule is O=Cc1cncc2[nH]ccc12.S. The fourth-order valence-corrected chi connectivity index (χ4v) is 1.10. The summed E-state index contributed by atoms with van der Waals surface area (Å²) >= 11 is 0. The van der Waals surface area contributed by atoms with E-state index in [1.165, 1.54) is 0 Å². The van der Waals surface area contributed by atoms with Gasteiger partial charge in [-0.2, -0.15) is 13.5 Å². The Morgan fingerprint density at radius 1 is 1.42 bits per heavy atom. The maximum atomic E-state index is 10.5. The molecule has 2 heterocycles. The minimum absolute atomic E-state index is 0. The molecule has 0 unspecified atom stereocenters. The zero-order valence-electron chi connectivity index (χ0n) is 6.24. The number of rotatable bonds is 1. The van der Waals surface area contributed by atoms with Gasteiger partial charge >= 0.3 is 0 Å². The van der Waals surface area contributed by atoms with Gasteiger partial charge in [-0.05, 0) is 6.07 Å². The Balaban J connectivity index is 0.000000720. The molecule has 2 aromatic rings. The Morgan fingerprint density at radius 2 is 2.25 bits per heavy atom. The van der Waals surface area contributed by atoms with Crippen LogP contribution in [0.5, 0.6) is 0 Å². The molecule has 62 valence electrons. The lowest BCUT2D eigenvalue weighted by Crippen LogP contribution is -1.82. The van der Waals surface area contributed by atoms with Gasteiger partial charge in [0.1, 0.15) is 0 Å². The third-order valence-corrected chi connectivity index (χ3v) is 1.63. The number of nitrogens with zero attached hydrogens (tertiary/aromatic N) is 1. The first-order valence-corrected chi connectivity index (χ1v) is 3.28. The van der Waals surface area contributed by atoms with Crippen LogP contribution in [0.1, 0.15) is 10.4 Å². The molecule has 12 heavy (non-hydrogen) atoms. The van der Waals surface area contributed by atoms with Crippen LogP contribution in [0, 0.1) is 0 Å². The number of pyridine rings is 1. The second-order valence-electron chi connectivity index (χ2n) is 2.29. The largest absolute Gasteiger partial charge is 0.360 e. The van der Waals surface area contributed by atoms with Crippen LogP contribution in [0.15, 0.2) is 24.7 Å². The second-order valence-corrected chi connectivity index (χ2v) is 2.29. The molecule has 0 aliphatic heterocycles. The van der Waals surface area contributed by atoms with Gasteiger partial charge in [0.15, 0.2) is 6.29 Å². The van der Waals surface area contributed by atoms with Gasteiger partial charge in [0.05, 0.1) is 11.7 Å². The van der Waals surface area contributed by atoms with E-state index in [1.807, 2.05) is 6.07 Å². The Kier molecular flexibility index (Phi) is 2.50. The summed E-state index contributed by atoms with van der Waals surface area (Å²) in [6, 6.07) is 1.86. The van der Waals surface area contributed by atoms with E-state index in [4.69, 9.17) is 0 Å². The van der Waals surface area contributed by atoms with E-state index >= 15 is 0 Å². The first kappa shape index (κ1) is 8.80. The number of hydrogen-bond donors (Lipinski definition) is 1. The number of aromatic amines is 1. The van der Waals surface area contributed by atoms with Crippen molar-refractivity contribution in [2.45, 2.75) is 0 Å². The van der Waals surface area contributed by atoms with Crippen LogP contribution in [-0.4, -0.2) is 16.3 Å². The van der Waals surface area contributed by atoms with E-state index in [1.54, 1.807) is 18.6 Å². The molecule has 0 saturated heterocycles. The topological polar surface area (TPSA) is 45.8 Å². The van der Waals surface area contributed by atoms with Crippen molar-refractivity contribution >= 4 is 30.7 Å². The third-order valence-electron chi connectivity index (χ3n) is 1.63. The molecule has 2 aromatic heterocycles. The lowest BCUT2D eigenvalue weighted by atomic mass is 10.2. The minimum Gasteiger partial charge on any atom is -0.360 e. The Hall–Kier alpha value is -1.29. The van der Waals surface area contributed by atoms with Crippen molar-refractivity contribution in [1.29, 1.82) is 0 Å². The van der Waals surface area contributed by atoms with E-state index in [2.05, 4.69) is 9.97 Å². The van der Waals surface area contributed by atoms with Gasteiger partial charge in [-0.25, -0.2) is 0 Å². The van der Waals surface area contributed by atoms with Crippen molar-refractivity contribution < 1.29 is 4.79 Å². The molecule has 0 radical (unpaired) electrons. The van der Waals surface area contributed by atoms with E-state index in [0.717, 1.165) is 17.2 Å². The molecule has 0 aromatic carbocycles. The first-order chi connectivity index (χ1) is 5.42. The van der Waals surface area contributed by atoms with Crippen LogP contribution >= 0.6 is 13.5 Å². The highest BCUT2D eigenvalue weighted by molar-refractivity contribution is 7.59. The van der Waals surface area contributed by atoms with Gasteiger partial charge in [-0.15, -0.1) is 0 Å². The molecule has 1 N–H and O–H groups in total. The molecule has 0 fully saturated rings. The third kappa shape index (κ3) is 1.21. The number of aldehydes is 1. The summed E-state index contributed by atoms with van der Waals surface area (Å²) in [4.78, 5) is 17.3. The minimum atomic E-state index is 0. The monoisotopic (exact) mass is 180 g/mol. The van der Waals surface area contributed by atoms with E-state index in [0.29, 0.717) is 5.56 Å². The quantitative estimate of drug-likeness (QED) is 0.676. The molecule has 2 rings (SSSR count). The molecule has 0 saturated carbocycles. The standard InChI is InChI=1S/C8H6N2O.H2S/c11-5-6-3-9-4-8-7(6)1-2-10-8;/h1-5,10H;1H2. The van der Waals surface area contributed by atoms with Gasteiger partial charge in [0, 0.05) is 23.3 Å². The van der Waals surface area contributed by atoms with Gasteiger partial charge in [-0.3, -0.25) is 9.78 Å². The summed E-state index contributed by atoms with van der Waals surface area (Å²) in [6.45, 7) is 0. The van der Waals surface area contributed by atoms with Crippen molar-refractivity contribution in [2.75, 3.05) is 0 Å². The molecule has 0 bridgehead atoms. The smallest absolute Gasteiger partial charge is 0.152 e. The lowest BCUT2D eigenvalue weighted by molar-refractivity contribution is 0.112. The molecule has 0 amide bonds. The van der Waals surface area contributed by atoms with Crippen LogP contribution in [-0.2, 0) is 0 Å². The highest BCUT2D eigenvalue weighted by atomic mass is 32.1. The molecule has 3 nitrogen and oxygen atoms in total. The number of carbonyl (C=O) groups is 1. The predicted octanol–water partition coefficient (Wildman–Crippen LogP) is 1.49. The molecule has 0 atom stereocenters. The summed E-state index contributed by atoms with van der Waals surface area (Å²) in [5.74, 6) is 0. The molecule has 0 aliphatic rings. The van der Waals surface area contributed by atoms with Gasteiger partial charge < -0.3 is 4.98 Å². The van der Waals surface area contributed by atoms with Crippen molar-refractivity contribution in [1.82, 2.24) is 9.97 Å². The van der Waals surface area contributed by atoms with Crippen LogP contribution in [0.4, 0.5) is 0 Å². The Bertz CT molecular complexity index is 397.